The Balaban J connectivity index is 1.86. The zero-order chi connectivity index (χ0) is 14.4. The Morgan fingerprint density at radius 3 is 2.29 bits per heavy atom. The van der Waals surface area contributed by atoms with E-state index in [4.69, 9.17) is 0 Å². The molecule has 0 saturated heterocycles. The first kappa shape index (κ1) is 12.4. The third-order valence-electron chi connectivity index (χ3n) is 4.64. The summed E-state index contributed by atoms with van der Waals surface area (Å²) in [5.74, 6) is 0.389. The summed E-state index contributed by atoms with van der Waals surface area (Å²) in [6, 6.07) is 16.4. The lowest BCUT2D eigenvalue weighted by Crippen LogP contribution is -2.15. The third-order valence-corrected chi connectivity index (χ3v) is 4.64. The number of hydrogen-bond acceptors (Lipinski definition) is 1. The normalized spacial score (nSPS) is 14.5. The van der Waals surface area contributed by atoms with Crippen molar-refractivity contribution in [3.63, 3.8) is 0 Å². The molecule has 0 radical (unpaired) electrons. The van der Waals surface area contributed by atoms with Crippen LogP contribution >= 0.6 is 0 Å². The standard InChI is InChI=1S/C19H17NO/c1-12-18(15-10-13-6-2-3-7-14(13)11-15)20-17-9-5-4-8-16(17)19(12)21/h2-9,15H,10-11H2,1H3,(H,20,21). The molecule has 104 valence electrons. The molecule has 0 atom stereocenters. The van der Waals surface area contributed by atoms with Crippen LogP contribution in [-0.4, -0.2) is 4.98 Å². The van der Waals surface area contributed by atoms with Crippen molar-refractivity contribution in [3.05, 3.63) is 81.1 Å². The predicted octanol–water partition coefficient (Wildman–Crippen LogP) is 3.72. The first-order chi connectivity index (χ1) is 10.2. The van der Waals surface area contributed by atoms with Crippen LogP contribution in [0.5, 0.6) is 0 Å². The maximum atomic E-state index is 12.6. The van der Waals surface area contributed by atoms with Gasteiger partial charge in [0.05, 0.1) is 0 Å². The summed E-state index contributed by atoms with van der Waals surface area (Å²) < 4.78 is 0. The molecule has 0 aliphatic heterocycles. The van der Waals surface area contributed by atoms with E-state index >= 15 is 0 Å². The Hall–Kier alpha value is -2.35. The molecule has 1 aliphatic carbocycles. The summed E-state index contributed by atoms with van der Waals surface area (Å²) in [4.78, 5) is 16.1. The smallest absolute Gasteiger partial charge is 0.192 e. The first-order valence-corrected chi connectivity index (χ1v) is 7.42. The zero-order valence-electron chi connectivity index (χ0n) is 12.0. The molecular formula is C19H17NO. The van der Waals surface area contributed by atoms with Crippen molar-refractivity contribution in [2.24, 2.45) is 0 Å². The number of para-hydroxylation sites is 1. The molecule has 1 aliphatic rings. The summed E-state index contributed by atoms with van der Waals surface area (Å²) in [5.41, 5.74) is 5.91. The molecular weight excluding hydrogens is 258 g/mol. The molecule has 0 spiro atoms. The van der Waals surface area contributed by atoms with Crippen molar-refractivity contribution < 1.29 is 0 Å². The van der Waals surface area contributed by atoms with Gasteiger partial charge < -0.3 is 4.98 Å². The van der Waals surface area contributed by atoms with Gasteiger partial charge in [-0.05, 0) is 43.0 Å². The van der Waals surface area contributed by atoms with Crippen LogP contribution in [0.2, 0.25) is 0 Å². The van der Waals surface area contributed by atoms with E-state index in [9.17, 15) is 4.79 Å². The molecule has 0 bridgehead atoms. The van der Waals surface area contributed by atoms with Crippen LogP contribution in [0, 0.1) is 6.92 Å². The van der Waals surface area contributed by atoms with Gasteiger partial charge in [0.2, 0.25) is 0 Å². The monoisotopic (exact) mass is 275 g/mol. The lowest BCUT2D eigenvalue weighted by molar-refractivity contribution is 0.710. The molecule has 4 rings (SSSR count). The van der Waals surface area contributed by atoms with Gasteiger partial charge in [-0.3, -0.25) is 4.79 Å². The molecule has 0 amide bonds. The summed E-state index contributed by atoms with van der Waals surface area (Å²) in [6.07, 6.45) is 2.04. The number of benzene rings is 2. The van der Waals surface area contributed by atoms with Crippen molar-refractivity contribution in [1.29, 1.82) is 0 Å². The van der Waals surface area contributed by atoms with Crippen LogP contribution in [0.15, 0.2) is 53.3 Å². The second kappa shape index (κ2) is 4.59. The highest BCUT2D eigenvalue weighted by Gasteiger charge is 2.25. The van der Waals surface area contributed by atoms with E-state index in [1.165, 1.54) is 11.1 Å². The zero-order valence-corrected chi connectivity index (χ0v) is 12.0. The van der Waals surface area contributed by atoms with E-state index in [0.29, 0.717) is 5.92 Å². The molecule has 1 heterocycles. The Bertz CT molecular complexity index is 866. The van der Waals surface area contributed by atoms with Gasteiger partial charge in [0, 0.05) is 28.1 Å². The van der Waals surface area contributed by atoms with E-state index < -0.39 is 0 Å². The minimum absolute atomic E-state index is 0.162. The number of aromatic nitrogens is 1. The number of aromatic amines is 1. The summed E-state index contributed by atoms with van der Waals surface area (Å²) in [7, 11) is 0. The molecule has 1 aromatic heterocycles. The maximum Gasteiger partial charge on any atom is 0.192 e. The van der Waals surface area contributed by atoms with Crippen LogP contribution in [0.3, 0.4) is 0 Å². The second-order valence-electron chi connectivity index (χ2n) is 5.91. The fraction of sp³-hybridized carbons (Fsp3) is 0.211. The number of fused-ring (bicyclic) bond motifs is 2. The lowest BCUT2D eigenvalue weighted by atomic mass is 9.96. The van der Waals surface area contributed by atoms with Crippen LogP contribution in [0.25, 0.3) is 10.9 Å². The Kier molecular flexibility index (Phi) is 2.71. The minimum atomic E-state index is 0.162. The molecule has 0 saturated carbocycles. The molecule has 3 aromatic rings. The summed E-state index contributed by atoms with van der Waals surface area (Å²) >= 11 is 0. The molecule has 21 heavy (non-hydrogen) atoms. The minimum Gasteiger partial charge on any atom is -0.358 e. The van der Waals surface area contributed by atoms with E-state index in [1.807, 2.05) is 31.2 Å². The number of nitrogens with one attached hydrogen (secondary N) is 1. The molecule has 2 nitrogen and oxygen atoms in total. The van der Waals surface area contributed by atoms with Gasteiger partial charge >= 0.3 is 0 Å². The number of rotatable bonds is 1. The summed E-state index contributed by atoms with van der Waals surface area (Å²) in [6.45, 7) is 1.95. The van der Waals surface area contributed by atoms with Crippen molar-refractivity contribution in [2.75, 3.05) is 0 Å². The Labute approximate surface area is 123 Å². The van der Waals surface area contributed by atoms with Crippen molar-refractivity contribution in [2.45, 2.75) is 25.7 Å². The highest BCUT2D eigenvalue weighted by molar-refractivity contribution is 5.79. The van der Waals surface area contributed by atoms with Gasteiger partial charge in [0.25, 0.3) is 0 Å². The highest BCUT2D eigenvalue weighted by Crippen LogP contribution is 2.34. The SMILES string of the molecule is Cc1c(C2Cc3ccccc3C2)[nH]c2ccccc2c1=O. The molecule has 2 aromatic carbocycles. The maximum absolute atomic E-state index is 12.6. The third kappa shape index (κ3) is 1.90. The van der Waals surface area contributed by atoms with E-state index in [-0.39, 0.29) is 5.43 Å². The van der Waals surface area contributed by atoms with Crippen LogP contribution in [-0.2, 0) is 12.8 Å². The number of pyridine rings is 1. The van der Waals surface area contributed by atoms with Gasteiger partial charge in [-0.25, -0.2) is 0 Å². The molecule has 0 unspecified atom stereocenters. The molecule has 1 N–H and O–H groups in total. The van der Waals surface area contributed by atoms with Gasteiger partial charge in [-0.2, -0.15) is 0 Å². The van der Waals surface area contributed by atoms with Crippen LogP contribution in [0.1, 0.15) is 28.3 Å². The lowest BCUT2D eigenvalue weighted by Gasteiger charge is -2.14. The average molecular weight is 275 g/mol. The summed E-state index contributed by atoms with van der Waals surface area (Å²) in [5, 5.41) is 0.786. The van der Waals surface area contributed by atoms with E-state index in [1.54, 1.807) is 0 Å². The Morgan fingerprint density at radius 2 is 1.57 bits per heavy atom. The topological polar surface area (TPSA) is 32.9 Å². The van der Waals surface area contributed by atoms with Gasteiger partial charge in [-0.1, -0.05) is 36.4 Å². The van der Waals surface area contributed by atoms with Gasteiger partial charge in [0.1, 0.15) is 0 Å². The van der Waals surface area contributed by atoms with Crippen LogP contribution < -0.4 is 5.43 Å². The molecule has 2 heteroatoms. The molecule has 0 fully saturated rings. The largest absolute Gasteiger partial charge is 0.358 e. The van der Waals surface area contributed by atoms with Crippen molar-refractivity contribution in [3.8, 4) is 0 Å². The first-order valence-electron chi connectivity index (χ1n) is 7.42. The van der Waals surface area contributed by atoms with E-state index in [0.717, 1.165) is 35.0 Å². The average Bonchev–Trinajstić information content (AvgIpc) is 2.94. The fourth-order valence-corrected chi connectivity index (χ4v) is 3.52. The Morgan fingerprint density at radius 1 is 0.952 bits per heavy atom. The fourth-order valence-electron chi connectivity index (χ4n) is 3.52. The predicted molar refractivity (Wildman–Crippen MR) is 85.9 cm³/mol. The van der Waals surface area contributed by atoms with Crippen molar-refractivity contribution in [1.82, 2.24) is 4.98 Å². The van der Waals surface area contributed by atoms with Gasteiger partial charge in [0.15, 0.2) is 5.43 Å². The van der Waals surface area contributed by atoms with Crippen molar-refractivity contribution >= 4 is 10.9 Å². The number of H-pyrrole nitrogens is 1. The second-order valence-corrected chi connectivity index (χ2v) is 5.91. The number of hydrogen-bond donors (Lipinski definition) is 1. The van der Waals surface area contributed by atoms with Gasteiger partial charge in [-0.15, -0.1) is 0 Å². The van der Waals surface area contributed by atoms with Crippen LogP contribution in [0.4, 0.5) is 0 Å². The quantitative estimate of drug-likeness (QED) is 0.721. The van der Waals surface area contributed by atoms with E-state index in [2.05, 4.69) is 29.2 Å². The highest BCUT2D eigenvalue weighted by atomic mass is 16.1.